The first-order valence-electron chi connectivity index (χ1n) is 2.60. The second kappa shape index (κ2) is 4.42. The van der Waals surface area contributed by atoms with E-state index in [2.05, 4.69) is 0 Å². The molecule has 0 spiro atoms. The molecule has 0 radical (unpaired) electrons. The van der Waals surface area contributed by atoms with Crippen molar-refractivity contribution in [2.45, 2.75) is 31.4 Å². The maximum atomic E-state index is 5.55. The summed E-state index contributed by atoms with van der Waals surface area (Å²) in [6, 6.07) is 0. The van der Waals surface area contributed by atoms with Gasteiger partial charge >= 0.3 is 0 Å². The first kappa shape index (κ1) is 8.54. The van der Waals surface area contributed by atoms with Gasteiger partial charge in [-0.15, -0.1) is 0 Å². The SMILES string of the molecule is CCC(Cl)OC(C)Cl. The van der Waals surface area contributed by atoms with Crippen molar-refractivity contribution in [1.29, 1.82) is 0 Å². The van der Waals surface area contributed by atoms with Crippen molar-refractivity contribution in [2.24, 2.45) is 0 Å². The first-order valence-corrected chi connectivity index (χ1v) is 3.47. The van der Waals surface area contributed by atoms with Crippen LogP contribution in [-0.2, 0) is 4.74 Å². The Morgan fingerprint density at radius 3 is 2.12 bits per heavy atom. The molecule has 0 aliphatic heterocycles. The molecule has 0 N–H and O–H groups in total. The summed E-state index contributed by atoms with van der Waals surface area (Å²) < 4.78 is 4.93. The molecule has 0 saturated heterocycles. The molecule has 0 heterocycles. The van der Waals surface area contributed by atoms with Crippen LogP contribution >= 0.6 is 23.2 Å². The molecule has 2 atom stereocenters. The average Bonchev–Trinajstić information content (AvgIpc) is 1.65. The Balaban J connectivity index is 3.10. The van der Waals surface area contributed by atoms with E-state index < -0.39 is 0 Å². The zero-order valence-corrected chi connectivity index (χ0v) is 6.54. The summed E-state index contributed by atoms with van der Waals surface area (Å²) in [5.74, 6) is 0. The summed E-state index contributed by atoms with van der Waals surface area (Å²) >= 11 is 11.0. The number of hydrogen-bond donors (Lipinski definition) is 0. The third-order valence-electron chi connectivity index (χ3n) is 0.656. The van der Waals surface area contributed by atoms with E-state index in [-0.39, 0.29) is 11.1 Å². The van der Waals surface area contributed by atoms with Crippen molar-refractivity contribution >= 4 is 23.2 Å². The highest BCUT2D eigenvalue weighted by Crippen LogP contribution is 2.08. The molecule has 0 aromatic rings. The van der Waals surface area contributed by atoms with E-state index in [0.717, 1.165) is 6.42 Å². The van der Waals surface area contributed by atoms with E-state index in [4.69, 9.17) is 27.9 Å². The number of ether oxygens (including phenoxy) is 1. The lowest BCUT2D eigenvalue weighted by molar-refractivity contribution is 0.0905. The van der Waals surface area contributed by atoms with Gasteiger partial charge in [0.25, 0.3) is 0 Å². The van der Waals surface area contributed by atoms with Gasteiger partial charge in [0.15, 0.2) is 0 Å². The third-order valence-corrected chi connectivity index (χ3v) is 1.17. The van der Waals surface area contributed by atoms with E-state index in [9.17, 15) is 0 Å². The molecule has 0 rings (SSSR count). The van der Waals surface area contributed by atoms with Gasteiger partial charge in [0.1, 0.15) is 11.1 Å². The van der Waals surface area contributed by atoms with Gasteiger partial charge < -0.3 is 4.74 Å². The van der Waals surface area contributed by atoms with Crippen LogP contribution in [0.25, 0.3) is 0 Å². The largest absolute Gasteiger partial charge is 0.344 e. The van der Waals surface area contributed by atoms with Crippen LogP contribution in [0.1, 0.15) is 20.3 Å². The highest BCUT2D eigenvalue weighted by Gasteiger charge is 2.03. The number of halogens is 2. The predicted octanol–water partition coefficient (Wildman–Crippen LogP) is 2.56. The zero-order valence-electron chi connectivity index (χ0n) is 5.03. The number of rotatable bonds is 3. The Bertz CT molecular complexity index is 56.4. The minimum Gasteiger partial charge on any atom is -0.344 e. The van der Waals surface area contributed by atoms with Gasteiger partial charge in [0.05, 0.1) is 0 Å². The Labute approximate surface area is 59.9 Å². The van der Waals surface area contributed by atoms with Gasteiger partial charge in [-0.3, -0.25) is 0 Å². The quantitative estimate of drug-likeness (QED) is 0.572. The fourth-order valence-electron chi connectivity index (χ4n) is 0.300. The molecule has 8 heavy (non-hydrogen) atoms. The highest BCUT2D eigenvalue weighted by atomic mass is 35.5. The maximum Gasteiger partial charge on any atom is 0.132 e. The van der Waals surface area contributed by atoms with E-state index in [0.29, 0.717) is 0 Å². The molecule has 0 saturated carbocycles. The van der Waals surface area contributed by atoms with Crippen molar-refractivity contribution in [3.8, 4) is 0 Å². The molecule has 0 aliphatic carbocycles. The van der Waals surface area contributed by atoms with Gasteiger partial charge in [-0.2, -0.15) is 0 Å². The molecule has 1 nitrogen and oxygen atoms in total. The van der Waals surface area contributed by atoms with Crippen molar-refractivity contribution < 1.29 is 4.74 Å². The van der Waals surface area contributed by atoms with Crippen molar-refractivity contribution in [3.05, 3.63) is 0 Å². The van der Waals surface area contributed by atoms with Crippen LogP contribution in [0.2, 0.25) is 0 Å². The van der Waals surface area contributed by atoms with E-state index in [1.165, 1.54) is 0 Å². The molecule has 0 aliphatic rings. The van der Waals surface area contributed by atoms with Gasteiger partial charge in [0.2, 0.25) is 0 Å². The summed E-state index contributed by atoms with van der Waals surface area (Å²) in [5, 5.41) is 0. The van der Waals surface area contributed by atoms with Gasteiger partial charge in [-0.05, 0) is 13.3 Å². The maximum absolute atomic E-state index is 5.55. The molecule has 0 bridgehead atoms. The van der Waals surface area contributed by atoms with Crippen LogP contribution < -0.4 is 0 Å². The molecule has 0 fully saturated rings. The highest BCUT2D eigenvalue weighted by molar-refractivity contribution is 6.21. The monoisotopic (exact) mass is 156 g/mol. The smallest absolute Gasteiger partial charge is 0.132 e. The molecule has 3 heteroatoms. The first-order chi connectivity index (χ1) is 3.66. The topological polar surface area (TPSA) is 9.23 Å². The summed E-state index contributed by atoms with van der Waals surface area (Å²) in [5.41, 5.74) is -0.514. The normalized spacial score (nSPS) is 18.0. The van der Waals surface area contributed by atoms with Gasteiger partial charge in [-0.1, -0.05) is 30.1 Å². The molecule has 50 valence electrons. The fraction of sp³-hybridized carbons (Fsp3) is 1.00. The number of hydrogen-bond acceptors (Lipinski definition) is 1. The second-order valence-electron chi connectivity index (χ2n) is 1.50. The van der Waals surface area contributed by atoms with Crippen LogP contribution in [0.3, 0.4) is 0 Å². The molecule has 2 unspecified atom stereocenters. The van der Waals surface area contributed by atoms with Gasteiger partial charge in [-0.25, -0.2) is 0 Å². The second-order valence-corrected chi connectivity index (χ2v) is 2.60. The minimum absolute atomic E-state index is 0.234. The molecular formula is C5H10Cl2O. The molecule has 0 aromatic carbocycles. The van der Waals surface area contributed by atoms with Crippen LogP contribution in [0.5, 0.6) is 0 Å². The Hall–Kier alpha value is 0.540. The summed E-state index contributed by atoms with van der Waals surface area (Å²) in [6.07, 6.45) is 0.790. The summed E-state index contributed by atoms with van der Waals surface area (Å²) in [7, 11) is 0. The molecule has 0 amide bonds. The van der Waals surface area contributed by atoms with Crippen LogP contribution in [0.15, 0.2) is 0 Å². The number of alkyl halides is 2. The zero-order chi connectivity index (χ0) is 6.57. The lowest BCUT2D eigenvalue weighted by Crippen LogP contribution is -2.07. The Morgan fingerprint density at radius 1 is 1.50 bits per heavy atom. The van der Waals surface area contributed by atoms with Crippen molar-refractivity contribution in [2.75, 3.05) is 0 Å². The van der Waals surface area contributed by atoms with Crippen molar-refractivity contribution in [1.82, 2.24) is 0 Å². The van der Waals surface area contributed by atoms with Crippen LogP contribution in [-0.4, -0.2) is 11.1 Å². The van der Waals surface area contributed by atoms with Gasteiger partial charge in [0, 0.05) is 0 Å². The lowest BCUT2D eigenvalue weighted by Gasteiger charge is -2.08. The lowest BCUT2D eigenvalue weighted by atomic mass is 10.5. The molecule has 0 aromatic heterocycles. The Morgan fingerprint density at radius 2 is 2.00 bits per heavy atom. The summed E-state index contributed by atoms with van der Waals surface area (Å²) in [4.78, 5) is 0. The van der Waals surface area contributed by atoms with E-state index in [1.807, 2.05) is 6.92 Å². The summed E-state index contributed by atoms with van der Waals surface area (Å²) in [6.45, 7) is 3.68. The minimum atomic E-state index is -0.280. The standard InChI is InChI=1S/C5H10Cl2O/c1-3-5(7)8-4(2)6/h4-5H,3H2,1-2H3. The van der Waals surface area contributed by atoms with Crippen LogP contribution in [0, 0.1) is 0 Å². The van der Waals surface area contributed by atoms with E-state index in [1.54, 1.807) is 6.92 Å². The Kier molecular flexibility index (Phi) is 4.72. The van der Waals surface area contributed by atoms with E-state index >= 15 is 0 Å². The van der Waals surface area contributed by atoms with Crippen molar-refractivity contribution in [3.63, 3.8) is 0 Å². The predicted molar refractivity (Wildman–Crippen MR) is 36.3 cm³/mol. The molecular weight excluding hydrogens is 147 g/mol. The third kappa shape index (κ3) is 4.69. The average molecular weight is 157 g/mol. The fourth-order valence-corrected chi connectivity index (χ4v) is 0.631. The van der Waals surface area contributed by atoms with Crippen LogP contribution in [0.4, 0.5) is 0 Å².